The van der Waals surface area contributed by atoms with Gasteiger partial charge >= 0.3 is 23.9 Å². The molecule has 0 aliphatic carbocycles. The van der Waals surface area contributed by atoms with Gasteiger partial charge in [-0.25, -0.2) is 9.78 Å². The molecular formula is C94H132N28O26. The molecule has 15 atom stereocenters. The standard InChI is InChI=1S/C94H132N28O26/c1-49(2)77(119-83(138)60(21-11-33-104-94(100)101)111-85(140)63(38-51-25-27-54(123)28-26-51)117-87(142)68-22-12-34-120(68)73(126)47-107-78(133)56(96)41-75(129)130)89(144)113-61(29-30-74(127)128)82(137)116-65(40-53-45-102-48-108-53)86(141)114-62(37-50-15-4-3-5-16-50)84(139)110-59(20-10-32-103-93(98)99)80(135)115-64(39-52-44-105-57-18-7-6-17-55(52)57)79(134)106-46-72(125)109-66(42-71(97)124)90(145)122-36-14-24-70(122)91(146)121-35-13-23-69(121)88(143)112-58(19-8-9-31-95)81(136)118-67(92(147)148)43-76(131)132/h3-7,15-18,25-28,44-45,48-49,56,58-70,77,105,123H,8-14,19-24,29-43,46-47,95-96H2,1-2H3,(H2,97,124)(H,102,108)(H,106,134)(H,107,133)(H,109,125)(H,110,139)(H,111,140)(H,112,143)(H,113,144)(H,114,141)(H,115,135)(H,116,137)(H,117,142)(H,118,136)(H,119,138)(H,127,128)(H,129,130)(H,131,132)(H,147,148)(H4,98,99,103)(H4,100,101,104)/t56-,58-,59-,60-,61-,62-,63-,64-,65-,66-,67-,68-,69-,70-,77-/m0/s1. The highest BCUT2D eigenvalue weighted by Gasteiger charge is 2.47. The Bertz CT molecular complexity index is 5550. The number of guanidine groups is 2. The van der Waals surface area contributed by atoms with Gasteiger partial charge in [0, 0.05) is 88.1 Å². The average Bonchev–Trinajstić information content (AvgIpc) is 1.64. The van der Waals surface area contributed by atoms with E-state index in [9.17, 15) is 102 Å². The second-order valence-electron chi connectivity index (χ2n) is 36.3. The maximum absolute atomic E-state index is 15.4. The number of likely N-dealkylation sites (tertiary alicyclic amines) is 3. The number of fused-ring (bicyclic) bond motifs is 1. The molecule has 3 fully saturated rings. The van der Waals surface area contributed by atoms with Gasteiger partial charge in [-0.05, 0) is 137 Å². The molecule has 17 amide bonds. The molecule has 3 saturated heterocycles. The number of hydrogen-bond acceptors (Lipinski definition) is 27. The molecule has 5 heterocycles. The lowest BCUT2D eigenvalue weighted by atomic mass is 10.00. The number of carboxylic acid groups (broad SMARTS) is 4. The van der Waals surface area contributed by atoms with Crippen molar-refractivity contribution in [3.63, 3.8) is 0 Å². The number of aromatic hydroxyl groups is 1. The summed E-state index contributed by atoms with van der Waals surface area (Å²) < 4.78 is 0. The largest absolute Gasteiger partial charge is 0.508 e. The number of imidazole rings is 1. The summed E-state index contributed by atoms with van der Waals surface area (Å²) in [4.78, 5) is 305. The average molecular weight is 2070 g/mol. The number of aromatic nitrogens is 3. The second-order valence-corrected chi connectivity index (χ2v) is 36.3. The number of benzene rings is 3. The number of para-hydroxylation sites is 1. The first kappa shape index (κ1) is 117. The number of phenols is 1. The van der Waals surface area contributed by atoms with Gasteiger partial charge in [-0.2, -0.15) is 0 Å². The van der Waals surface area contributed by atoms with Crippen LogP contribution in [-0.2, 0) is 126 Å². The van der Waals surface area contributed by atoms with E-state index in [1.54, 1.807) is 60.8 Å². The molecule has 0 radical (unpaired) electrons. The molecule has 0 bridgehead atoms. The highest BCUT2D eigenvalue weighted by atomic mass is 16.4. The van der Waals surface area contributed by atoms with E-state index in [2.05, 4.69) is 94.7 Å². The van der Waals surface area contributed by atoms with E-state index in [1.165, 1.54) is 55.5 Å². The molecule has 5 aromatic rings. The van der Waals surface area contributed by atoms with Crippen LogP contribution in [0.5, 0.6) is 5.75 Å². The Balaban J connectivity index is 1.00. The summed E-state index contributed by atoms with van der Waals surface area (Å²) in [6, 6.07) is -3.28. The van der Waals surface area contributed by atoms with Gasteiger partial charge in [0.15, 0.2) is 11.9 Å². The number of carbonyl (C=O) groups excluding carboxylic acids is 17. The quantitative estimate of drug-likeness (QED) is 0.00977. The lowest BCUT2D eigenvalue weighted by Gasteiger charge is -2.33. The van der Waals surface area contributed by atoms with Gasteiger partial charge in [-0.1, -0.05) is 74.5 Å². The number of aromatic amines is 2. The number of primary amides is 1. The fraction of sp³-hybridized carbons (Fsp3) is 0.511. The fourth-order valence-electron chi connectivity index (χ4n) is 17.1. The van der Waals surface area contributed by atoms with Crippen LogP contribution in [0.1, 0.15) is 152 Å². The van der Waals surface area contributed by atoms with Crippen LogP contribution in [0.25, 0.3) is 10.9 Å². The maximum Gasteiger partial charge on any atom is 0.326 e. The van der Waals surface area contributed by atoms with Gasteiger partial charge in [-0.15, -0.1) is 0 Å². The molecule has 8 rings (SSSR count). The number of unbranched alkanes of at least 4 members (excludes halogenated alkanes) is 1. The first-order chi connectivity index (χ1) is 70.4. The molecule has 54 heteroatoms. The Morgan fingerprint density at radius 3 is 1.47 bits per heavy atom. The minimum absolute atomic E-state index is 0.000793. The van der Waals surface area contributed by atoms with Gasteiger partial charge in [0.25, 0.3) is 0 Å². The summed E-state index contributed by atoms with van der Waals surface area (Å²) >= 11 is 0. The van der Waals surface area contributed by atoms with Gasteiger partial charge in [0.05, 0.1) is 50.4 Å². The van der Waals surface area contributed by atoms with Crippen LogP contribution in [0.2, 0.25) is 0 Å². The molecule has 804 valence electrons. The monoisotopic (exact) mass is 2070 g/mol. The summed E-state index contributed by atoms with van der Waals surface area (Å²) in [5, 5.41) is 103. The Morgan fingerprint density at radius 1 is 0.446 bits per heavy atom. The fourth-order valence-corrected chi connectivity index (χ4v) is 17.1. The predicted molar refractivity (Wildman–Crippen MR) is 525 cm³/mol. The predicted octanol–water partition coefficient (Wildman–Crippen LogP) is -7.18. The smallest absolute Gasteiger partial charge is 0.326 e. The van der Waals surface area contributed by atoms with Crippen LogP contribution < -0.4 is 108 Å². The van der Waals surface area contributed by atoms with Gasteiger partial charge < -0.3 is 159 Å². The normalized spacial score (nSPS) is 16.6. The Kier molecular flexibility index (Phi) is 45.7. The summed E-state index contributed by atoms with van der Waals surface area (Å²) in [6.07, 6.45) is -0.363. The zero-order chi connectivity index (χ0) is 109. The number of carboxylic acids is 4. The Hall–Kier alpha value is -16.5. The summed E-state index contributed by atoms with van der Waals surface area (Å²) in [6.45, 7) is 1.34. The molecule has 3 aromatic carbocycles. The summed E-state index contributed by atoms with van der Waals surface area (Å²) in [5.41, 5.74) is 30.2. The minimum Gasteiger partial charge on any atom is -0.508 e. The van der Waals surface area contributed by atoms with Crippen LogP contribution in [0.15, 0.2) is 97.6 Å². The van der Waals surface area contributed by atoms with E-state index in [0.29, 0.717) is 40.4 Å². The number of nitrogens with zero attached hydrogens (tertiary/aromatic N) is 4. The SMILES string of the molecule is CC(C)[C@H](NC(=O)[C@H](CCCNC(=N)N)NC(=O)[C@H](Cc1ccc(O)cc1)NC(=O)[C@@H]1CCCN1C(=O)CNC(=O)[C@@H](N)CC(=O)O)C(=O)N[C@@H](CCC(=O)O)C(=O)N[C@@H](Cc1c[nH]cn1)C(=O)N[C@@H](Cc1ccccc1)C(=O)N[C@@H](CCCNC(=N)N)C(=O)N[C@@H](Cc1c[nH]c2ccccc12)C(=O)NCC(=O)N[C@@H](CC(N)=O)C(=O)N1CCC[C@H]1C(=O)N1CCC[C@H]1C(=O)N[C@@H](CCCCN)C(=O)N[C@@H](CC(=O)O)C(=O)O. The van der Waals surface area contributed by atoms with E-state index in [1.807, 2.05) is 0 Å². The number of nitrogens with one attached hydrogen (secondary N) is 19. The van der Waals surface area contributed by atoms with Crippen molar-refractivity contribution in [1.29, 1.82) is 10.8 Å². The zero-order valence-corrected chi connectivity index (χ0v) is 81.7. The number of hydrogen-bond donors (Lipinski definition) is 29. The highest BCUT2D eigenvalue weighted by molar-refractivity contribution is 6.03. The van der Waals surface area contributed by atoms with Crippen molar-refractivity contribution >= 4 is 147 Å². The van der Waals surface area contributed by atoms with Crippen LogP contribution >= 0.6 is 0 Å². The molecule has 3 aliphatic rings. The molecule has 0 unspecified atom stereocenters. The van der Waals surface area contributed by atoms with E-state index < -0.39 is 284 Å². The molecule has 34 N–H and O–H groups in total. The lowest BCUT2D eigenvalue weighted by molar-refractivity contribution is -0.149. The minimum atomic E-state index is -1.86. The molecule has 0 spiro atoms. The highest BCUT2D eigenvalue weighted by Crippen LogP contribution is 2.28. The summed E-state index contributed by atoms with van der Waals surface area (Å²) in [5.74, 6) is -24.8. The molecule has 3 aliphatic heterocycles. The van der Waals surface area contributed by atoms with Crippen LogP contribution in [0.4, 0.5) is 0 Å². The van der Waals surface area contributed by atoms with Gasteiger partial charge in [0.1, 0.15) is 90.3 Å². The summed E-state index contributed by atoms with van der Waals surface area (Å²) in [7, 11) is 0. The van der Waals surface area contributed by atoms with Gasteiger partial charge in [-0.3, -0.25) is 107 Å². The van der Waals surface area contributed by atoms with E-state index in [-0.39, 0.29) is 141 Å². The van der Waals surface area contributed by atoms with E-state index >= 15 is 19.2 Å². The van der Waals surface area contributed by atoms with Crippen LogP contribution in [0, 0.1) is 16.7 Å². The molecule has 0 saturated carbocycles. The third-order valence-corrected chi connectivity index (χ3v) is 24.7. The van der Waals surface area contributed by atoms with Crippen molar-refractivity contribution in [2.75, 3.05) is 52.4 Å². The molecular weight excluding hydrogens is 1940 g/mol. The molecule has 148 heavy (non-hydrogen) atoms. The molecule has 2 aromatic heterocycles. The molecule has 54 nitrogen and oxygen atoms in total. The first-order valence-electron chi connectivity index (χ1n) is 48.3. The van der Waals surface area contributed by atoms with E-state index in [0.717, 1.165) is 9.80 Å². The van der Waals surface area contributed by atoms with Crippen molar-refractivity contribution in [1.82, 2.24) is 109 Å². The van der Waals surface area contributed by atoms with Crippen molar-refractivity contribution in [3.8, 4) is 5.75 Å². The van der Waals surface area contributed by atoms with Crippen molar-refractivity contribution in [2.24, 2.45) is 34.6 Å². The second kappa shape index (κ2) is 57.9. The van der Waals surface area contributed by atoms with Crippen LogP contribution in [-0.4, -0.2) is 334 Å². The maximum atomic E-state index is 15.4. The number of phenolic OH excluding ortho intramolecular Hbond substituents is 1. The number of amides is 17. The Labute approximate surface area is 848 Å². The number of carbonyl (C=O) groups is 21. The van der Waals surface area contributed by atoms with Crippen molar-refractivity contribution in [2.45, 2.75) is 246 Å². The van der Waals surface area contributed by atoms with E-state index in [4.69, 9.17) is 44.6 Å². The third-order valence-electron chi connectivity index (χ3n) is 24.7. The number of H-pyrrole nitrogens is 2. The van der Waals surface area contributed by atoms with Gasteiger partial charge in [0.2, 0.25) is 100 Å². The number of rotatable bonds is 60. The third kappa shape index (κ3) is 37.0. The Morgan fingerprint density at radius 2 is 0.919 bits per heavy atom. The van der Waals surface area contributed by atoms with Crippen molar-refractivity contribution < 1.29 is 126 Å². The lowest BCUT2D eigenvalue weighted by Crippen LogP contribution is -2.61. The number of nitrogens with two attached hydrogens (primary N) is 5. The zero-order valence-electron chi connectivity index (χ0n) is 81.7. The topological polar surface area (TPSA) is 872 Å². The first-order valence-corrected chi connectivity index (χ1v) is 48.3. The van der Waals surface area contributed by atoms with Crippen LogP contribution in [0.3, 0.4) is 0 Å². The number of aliphatic carboxylic acids is 4. The van der Waals surface area contributed by atoms with Crippen molar-refractivity contribution in [3.05, 3.63) is 120 Å².